The summed E-state index contributed by atoms with van der Waals surface area (Å²) < 4.78 is 0. The number of nitrogens with two attached hydrogens (primary N) is 5. The topological polar surface area (TPSA) is 579 Å². The van der Waals surface area contributed by atoms with Gasteiger partial charge in [-0.1, -0.05) is 60.7 Å². The van der Waals surface area contributed by atoms with Gasteiger partial charge in [-0.3, -0.25) is 77.1 Å². The highest BCUT2D eigenvalue weighted by Crippen LogP contribution is 2.13. The van der Waals surface area contributed by atoms with Crippen molar-refractivity contribution in [3.63, 3.8) is 0 Å². The molecule has 0 aromatic heterocycles. The fraction of sp³-hybridized carbons (Fsp3) is 0.525. The maximum absolute atomic E-state index is 14.1. The van der Waals surface area contributed by atoms with Gasteiger partial charge in [-0.2, -0.15) is 0 Å². The molecule has 2 aromatic carbocycles. The number of amides is 12. The van der Waals surface area contributed by atoms with E-state index >= 15 is 0 Å². The number of aliphatic imine (C=N–C) groups is 2. The summed E-state index contributed by atoms with van der Waals surface area (Å²) in [6, 6.07) is 4.29. The predicted molar refractivity (Wildman–Crippen MR) is 337 cm³/mol. The first-order valence-corrected chi connectivity index (χ1v) is 30.7. The maximum atomic E-state index is 14.1. The highest BCUT2D eigenvalue weighted by molar-refractivity contribution is 6.00. The zero-order valence-corrected chi connectivity index (χ0v) is 51.9. The van der Waals surface area contributed by atoms with E-state index in [-0.39, 0.29) is 128 Å². The Morgan fingerprint density at radius 3 is 1.17 bits per heavy atom. The minimum Gasteiger partial charge on any atom is -0.481 e. The lowest BCUT2D eigenvalue weighted by Gasteiger charge is -2.26. The van der Waals surface area contributed by atoms with Crippen molar-refractivity contribution in [2.45, 2.75) is 157 Å². The molecule has 0 unspecified atom stereocenters. The van der Waals surface area contributed by atoms with E-state index in [0.717, 1.165) is 0 Å². The first kappa shape index (κ1) is 76.0. The Labute approximate surface area is 541 Å². The predicted octanol–water partition coefficient (Wildman–Crippen LogP) is -6.65. The second-order valence-electron chi connectivity index (χ2n) is 22.3. The van der Waals surface area contributed by atoms with Crippen LogP contribution in [0.2, 0.25) is 0 Å². The number of nitrogens with zero attached hydrogens (tertiary/aromatic N) is 2. The molecule has 0 bridgehead atoms. The molecule has 2 heterocycles. The lowest BCUT2D eigenvalue weighted by molar-refractivity contribution is -0.141. The summed E-state index contributed by atoms with van der Waals surface area (Å²) in [5, 5.41) is 49.5. The van der Waals surface area contributed by atoms with E-state index < -0.39 is 163 Å². The molecule has 2 aliphatic heterocycles. The summed E-state index contributed by atoms with van der Waals surface area (Å²) in [7, 11) is 0. The summed E-state index contributed by atoms with van der Waals surface area (Å²) in [6.07, 6.45) is -1.32. The van der Waals surface area contributed by atoms with Crippen LogP contribution in [-0.2, 0) is 80.0 Å². The van der Waals surface area contributed by atoms with E-state index in [1.807, 2.05) is 0 Å². The molecular weight excluding hydrogens is 1230 g/mol. The van der Waals surface area contributed by atoms with Crippen molar-refractivity contribution < 1.29 is 77.3 Å². The molecule has 0 spiro atoms. The number of nitrogens with one attached hydrogen (secondary N) is 12. The molecule has 4 rings (SSSR count). The van der Waals surface area contributed by atoms with Gasteiger partial charge in [0, 0.05) is 45.4 Å². The van der Waals surface area contributed by atoms with Crippen LogP contribution in [0.25, 0.3) is 0 Å². The molecule has 24 N–H and O–H groups in total. The standard InChI is InChI=1S/C59H87N19O16/c60-35(49(86)66-24-10-8-18-39-53(90)74-37(20-12-26-68-59(63)64)51(88)70-32-46(81)72-43(30-48(84)85)57(94)78-41(55(92)76-39)28-34-15-5-2-6-16-34)21-22-44(79)65-23-9-7-17-38-52(89)73-36(19-11-25-67-58(61)62)50(87)69-31-45(80)71-42(29-47(82)83)56(93)77-40(54(91)75-38)27-33-13-3-1-4-14-33/h1-6,13-16,35-43H,7-12,17-32,60H2,(H,65,79)(H,66,86)(H,69,87)(H,70,88)(H,71,80)(H,72,81)(H,73,89)(H,74,90)(H,75,91)(H,76,92)(H,77,93)(H,78,94)(H,82,83)(H,84,85)(H4,61,62,67)(H4,63,64,68)/t35-,36-,37-,38-,39-,40+,41+,42+,43+/m0/s1. The fourth-order valence-corrected chi connectivity index (χ4v) is 9.70. The van der Waals surface area contributed by atoms with Crippen LogP contribution >= 0.6 is 0 Å². The summed E-state index contributed by atoms with van der Waals surface area (Å²) in [6.45, 7) is -1.22. The molecule has 9 atom stereocenters. The molecule has 35 heteroatoms. The van der Waals surface area contributed by atoms with Crippen molar-refractivity contribution in [3.8, 4) is 0 Å². The molecule has 514 valence electrons. The Bertz CT molecular complexity index is 3020. The Balaban J connectivity index is 1.39. The van der Waals surface area contributed by atoms with E-state index in [1.54, 1.807) is 60.7 Å². The number of benzene rings is 2. The number of aliphatic carboxylic acids is 2. The van der Waals surface area contributed by atoms with Crippen molar-refractivity contribution in [2.24, 2.45) is 38.7 Å². The number of unbranched alkanes of at least 4 members (excludes halogenated alkanes) is 2. The van der Waals surface area contributed by atoms with Crippen LogP contribution in [0.15, 0.2) is 70.6 Å². The van der Waals surface area contributed by atoms with Crippen molar-refractivity contribution >= 4 is 94.7 Å². The number of rotatable bonds is 30. The summed E-state index contributed by atoms with van der Waals surface area (Å²) in [5.41, 5.74) is 29.1. The number of carbonyl (C=O) groups is 14. The van der Waals surface area contributed by atoms with Crippen molar-refractivity contribution in [2.75, 3.05) is 39.3 Å². The number of hydrogen-bond donors (Lipinski definition) is 19. The Morgan fingerprint density at radius 1 is 0.447 bits per heavy atom. The molecule has 94 heavy (non-hydrogen) atoms. The van der Waals surface area contributed by atoms with Crippen LogP contribution in [0.1, 0.15) is 101 Å². The average Bonchev–Trinajstić information content (AvgIpc) is 1.34. The first-order chi connectivity index (χ1) is 44.8. The van der Waals surface area contributed by atoms with Crippen LogP contribution < -0.4 is 92.5 Å². The molecular formula is C59H87N19O16. The highest BCUT2D eigenvalue weighted by Gasteiger charge is 2.36. The Morgan fingerprint density at radius 2 is 0.787 bits per heavy atom. The maximum Gasteiger partial charge on any atom is 0.305 e. The van der Waals surface area contributed by atoms with E-state index in [1.165, 1.54) is 0 Å². The van der Waals surface area contributed by atoms with Crippen molar-refractivity contribution in [1.82, 2.24) is 63.8 Å². The average molecular weight is 1320 g/mol. The summed E-state index contributed by atoms with van der Waals surface area (Å²) in [5.74, 6) is -13.4. The van der Waals surface area contributed by atoms with Gasteiger partial charge in [0.05, 0.1) is 32.0 Å². The van der Waals surface area contributed by atoms with Gasteiger partial charge in [-0.25, -0.2) is 0 Å². The second kappa shape index (κ2) is 40.4. The zero-order chi connectivity index (χ0) is 69.1. The molecule has 2 aromatic rings. The van der Waals surface area contributed by atoms with Gasteiger partial charge >= 0.3 is 11.9 Å². The largest absolute Gasteiger partial charge is 0.481 e. The van der Waals surface area contributed by atoms with Crippen molar-refractivity contribution in [3.05, 3.63) is 71.8 Å². The minimum atomic E-state index is -1.68. The van der Waals surface area contributed by atoms with E-state index in [2.05, 4.69) is 73.8 Å². The number of carboxylic acids is 2. The van der Waals surface area contributed by atoms with Crippen molar-refractivity contribution in [1.29, 1.82) is 0 Å². The van der Waals surface area contributed by atoms with Crippen LogP contribution in [0, 0.1) is 0 Å². The molecule has 0 saturated carbocycles. The number of guanidine groups is 2. The molecule has 0 aliphatic carbocycles. The molecule has 2 aliphatic rings. The van der Waals surface area contributed by atoms with E-state index in [9.17, 15) is 77.3 Å². The minimum absolute atomic E-state index is 0.0241. The molecule has 12 amide bonds. The molecule has 2 fully saturated rings. The smallest absolute Gasteiger partial charge is 0.305 e. The lowest BCUT2D eigenvalue weighted by Crippen LogP contribution is -2.58. The van der Waals surface area contributed by atoms with Gasteiger partial charge in [0.25, 0.3) is 0 Å². The number of hydrogen-bond acceptors (Lipinski definition) is 17. The number of carboxylic acid groups (broad SMARTS) is 2. The van der Waals surface area contributed by atoms with Gasteiger partial charge in [0.15, 0.2) is 11.9 Å². The monoisotopic (exact) mass is 1320 g/mol. The van der Waals surface area contributed by atoms with E-state index in [0.29, 0.717) is 11.1 Å². The van der Waals surface area contributed by atoms with Crippen LogP contribution in [0.3, 0.4) is 0 Å². The third-order valence-corrected chi connectivity index (χ3v) is 14.6. The van der Waals surface area contributed by atoms with E-state index in [4.69, 9.17) is 28.7 Å². The van der Waals surface area contributed by atoms with Gasteiger partial charge < -0.3 is 103 Å². The molecule has 2 saturated heterocycles. The normalized spacial score (nSPS) is 21.5. The van der Waals surface area contributed by atoms with Crippen LogP contribution in [0.4, 0.5) is 0 Å². The number of carbonyl (C=O) groups excluding carboxylic acids is 12. The molecule has 35 nitrogen and oxygen atoms in total. The van der Waals surface area contributed by atoms with Gasteiger partial charge in [0.1, 0.15) is 48.3 Å². The van der Waals surface area contributed by atoms with Gasteiger partial charge in [-0.05, 0) is 81.8 Å². The van der Waals surface area contributed by atoms with Gasteiger partial charge in [-0.15, -0.1) is 0 Å². The zero-order valence-electron chi connectivity index (χ0n) is 51.9. The second-order valence-corrected chi connectivity index (χ2v) is 22.3. The Hall–Kier alpha value is -10.5. The van der Waals surface area contributed by atoms with Crippen LogP contribution in [0.5, 0.6) is 0 Å². The highest BCUT2D eigenvalue weighted by atomic mass is 16.4. The van der Waals surface area contributed by atoms with Gasteiger partial charge in [0.2, 0.25) is 70.9 Å². The fourth-order valence-electron chi connectivity index (χ4n) is 9.70. The molecule has 0 radical (unpaired) electrons. The summed E-state index contributed by atoms with van der Waals surface area (Å²) >= 11 is 0. The van der Waals surface area contributed by atoms with Crippen LogP contribution in [-0.4, -0.2) is 199 Å². The quantitative estimate of drug-likeness (QED) is 0.0196. The summed E-state index contributed by atoms with van der Waals surface area (Å²) in [4.78, 5) is 194. The lowest BCUT2D eigenvalue weighted by atomic mass is 10.0. The Kier molecular flexibility index (Phi) is 32.6. The third kappa shape index (κ3) is 29.2. The first-order valence-electron chi connectivity index (χ1n) is 30.7. The SMILES string of the molecule is NC(N)=NCCC[C@@H]1NC(=O)[C@H](CCCCNC(=O)CC[C@H](N)C(=O)NCCCC[C@@H]2NC(=O)[C@@H](Cc3ccccc3)NC(=O)[C@@H](CC(=O)O)NC(=O)CNC(=O)[C@H](CCCN=C(N)N)NC2=O)NC(=O)[C@@H](Cc2ccccc2)NC(=O)[C@@H](CC(=O)O)NC(=O)CNC1=O. The third-order valence-electron chi connectivity index (χ3n) is 14.6.